The zero-order chi connectivity index (χ0) is 10.4. The first-order chi connectivity index (χ1) is 6.72. The van der Waals surface area contributed by atoms with E-state index in [-0.39, 0.29) is 5.91 Å². The summed E-state index contributed by atoms with van der Waals surface area (Å²) in [4.78, 5) is 17.9. The van der Waals surface area contributed by atoms with E-state index in [2.05, 4.69) is 20.6 Å². The number of carbonyl (C=O) groups is 1. The average molecular weight is 198 g/mol. The van der Waals surface area contributed by atoms with Crippen LogP contribution in [-0.2, 0) is 4.79 Å². The van der Waals surface area contributed by atoms with Gasteiger partial charge in [0.2, 0.25) is 11.9 Å². The molecule has 0 aromatic carbocycles. The smallest absolute Gasteiger partial charge is 0.221 e. The standard InChI is InChI=1S/C8H11FN4O/c1-10-8(14)2-3-11-7-4-6(9)12-5-13-7/h4-5H,2-3H2,1H3,(H,10,14)(H,11,12,13). The Kier molecular flexibility index (Phi) is 3.78. The fourth-order valence-electron chi connectivity index (χ4n) is 0.859. The average Bonchev–Trinajstić information content (AvgIpc) is 2.17. The maximum absolute atomic E-state index is 12.5. The lowest BCUT2D eigenvalue weighted by molar-refractivity contribution is -0.120. The molecular formula is C8H11FN4O. The number of nitrogens with one attached hydrogen (secondary N) is 2. The van der Waals surface area contributed by atoms with Crippen molar-refractivity contribution in [1.82, 2.24) is 15.3 Å². The van der Waals surface area contributed by atoms with E-state index in [9.17, 15) is 9.18 Å². The van der Waals surface area contributed by atoms with Crippen LogP contribution in [0.5, 0.6) is 0 Å². The number of nitrogens with zero attached hydrogens (tertiary/aromatic N) is 2. The fourth-order valence-corrected chi connectivity index (χ4v) is 0.859. The highest BCUT2D eigenvalue weighted by Gasteiger charge is 1.99. The predicted molar refractivity (Wildman–Crippen MR) is 49.2 cm³/mol. The third-order valence-corrected chi connectivity index (χ3v) is 1.57. The third kappa shape index (κ3) is 3.34. The number of aromatic nitrogens is 2. The lowest BCUT2D eigenvalue weighted by Crippen LogP contribution is -2.21. The highest BCUT2D eigenvalue weighted by atomic mass is 19.1. The maximum Gasteiger partial charge on any atom is 0.221 e. The van der Waals surface area contributed by atoms with Crippen molar-refractivity contribution in [3.05, 3.63) is 18.3 Å². The normalized spacial score (nSPS) is 9.57. The number of carbonyl (C=O) groups excluding carboxylic acids is 1. The second-order valence-electron chi connectivity index (χ2n) is 2.58. The minimum absolute atomic E-state index is 0.0768. The second kappa shape index (κ2) is 5.11. The molecule has 0 saturated heterocycles. The van der Waals surface area contributed by atoms with Gasteiger partial charge in [-0.3, -0.25) is 4.79 Å². The number of halogens is 1. The van der Waals surface area contributed by atoms with Crippen LogP contribution in [0.1, 0.15) is 6.42 Å². The summed E-state index contributed by atoms with van der Waals surface area (Å²) in [6.45, 7) is 0.413. The molecule has 5 nitrogen and oxygen atoms in total. The molecular weight excluding hydrogens is 187 g/mol. The van der Waals surface area contributed by atoms with Crippen LogP contribution >= 0.6 is 0 Å². The lowest BCUT2D eigenvalue weighted by atomic mass is 10.4. The zero-order valence-corrected chi connectivity index (χ0v) is 7.75. The summed E-state index contributed by atoms with van der Waals surface area (Å²) >= 11 is 0. The molecule has 0 saturated carbocycles. The van der Waals surface area contributed by atoms with Gasteiger partial charge < -0.3 is 10.6 Å². The van der Waals surface area contributed by atoms with Crippen LogP contribution in [0.4, 0.5) is 10.2 Å². The van der Waals surface area contributed by atoms with Gasteiger partial charge in [0.15, 0.2) is 0 Å². The summed E-state index contributed by atoms with van der Waals surface area (Å²) < 4.78 is 12.5. The van der Waals surface area contributed by atoms with E-state index >= 15 is 0 Å². The molecule has 6 heteroatoms. The van der Waals surface area contributed by atoms with Crippen molar-refractivity contribution >= 4 is 11.7 Å². The van der Waals surface area contributed by atoms with Crippen molar-refractivity contribution in [1.29, 1.82) is 0 Å². The van der Waals surface area contributed by atoms with Gasteiger partial charge in [0, 0.05) is 26.1 Å². The number of anilines is 1. The molecule has 14 heavy (non-hydrogen) atoms. The Morgan fingerprint density at radius 2 is 2.36 bits per heavy atom. The molecule has 0 radical (unpaired) electrons. The van der Waals surface area contributed by atoms with Gasteiger partial charge in [-0.1, -0.05) is 0 Å². The van der Waals surface area contributed by atoms with E-state index in [4.69, 9.17) is 0 Å². The largest absolute Gasteiger partial charge is 0.369 e. The van der Waals surface area contributed by atoms with Crippen molar-refractivity contribution in [3.63, 3.8) is 0 Å². The number of rotatable bonds is 4. The van der Waals surface area contributed by atoms with Gasteiger partial charge in [-0.05, 0) is 0 Å². The van der Waals surface area contributed by atoms with E-state index < -0.39 is 5.95 Å². The SMILES string of the molecule is CNC(=O)CCNc1cc(F)ncn1. The van der Waals surface area contributed by atoms with Crippen molar-refractivity contribution < 1.29 is 9.18 Å². The van der Waals surface area contributed by atoms with Crippen molar-refractivity contribution in [2.24, 2.45) is 0 Å². The fraction of sp³-hybridized carbons (Fsp3) is 0.375. The minimum Gasteiger partial charge on any atom is -0.369 e. The quantitative estimate of drug-likeness (QED) is 0.676. The number of hydrogen-bond donors (Lipinski definition) is 2. The van der Waals surface area contributed by atoms with Crippen LogP contribution in [0.3, 0.4) is 0 Å². The van der Waals surface area contributed by atoms with E-state index in [1.807, 2.05) is 0 Å². The summed E-state index contributed by atoms with van der Waals surface area (Å²) in [5.41, 5.74) is 0. The zero-order valence-electron chi connectivity index (χ0n) is 7.75. The Morgan fingerprint density at radius 3 is 3.00 bits per heavy atom. The Labute approximate surface area is 80.8 Å². The van der Waals surface area contributed by atoms with Crippen LogP contribution in [0.25, 0.3) is 0 Å². The predicted octanol–water partition coefficient (Wildman–Crippen LogP) is 0.164. The molecule has 0 atom stereocenters. The van der Waals surface area contributed by atoms with Crippen LogP contribution in [0, 0.1) is 5.95 Å². The summed E-state index contributed by atoms with van der Waals surface area (Å²) in [5.74, 6) is -0.295. The van der Waals surface area contributed by atoms with Gasteiger partial charge in [-0.15, -0.1) is 0 Å². The topological polar surface area (TPSA) is 66.9 Å². The minimum atomic E-state index is -0.595. The lowest BCUT2D eigenvalue weighted by Gasteiger charge is -2.03. The summed E-state index contributed by atoms with van der Waals surface area (Å²) in [6, 6.07) is 1.17. The molecule has 0 aliphatic heterocycles. The van der Waals surface area contributed by atoms with E-state index in [1.54, 1.807) is 7.05 Å². The van der Waals surface area contributed by atoms with Gasteiger partial charge in [0.05, 0.1) is 0 Å². The summed E-state index contributed by atoms with van der Waals surface area (Å²) in [7, 11) is 1.56. The van der Waals surface area contributed by atoms with Crippen LogP contribution < -0.4 is 10.6 Å². The van der Waals surface area contributed by atoms with Crippen molar-refractivity contribution in [3.8, 4) is 0 Å². The van der Waals surface area contributed by atoms with Crippen molar-refractivity contribution in [2.75, 3.05) is 18.9 Å². The van der Waals surface area contributed by atoms with Gasteiger partial charge in [0.1, 0.15) is 12.1 Å². The molecule has 1 heterocycles. The Morgan fingerprint density at radius 1 is 1.57 bits per heavy atom. The van der Waals surface area contributed by atoms with Crippen LogP contribution in [-0.4, -0.2) is 29.5 Å². The van der Waals surface area contributed by atoms with E-state index in [0.717, 1.165) is 6.33 Å². The maximum atomic E-state index is 12.5. The molecule has 0 aliphatic carbocycles. The van der Waals surface area contributed by atoms with E-state index in [1.165, 1.54) is 6.07 Å². The Bertz CT molecular complexity index is 318. The highest BCUT2D eigenvalue weighted by Crippen LogP contribution is 2.01. The summed E-state index contributed by atoms with van der Waals surface area (Å²) in [5, 5.41) is 5.28. The highest BCUT2D eigenvalue weighted by molar-refractivity contribution is 5.75. The summed E-state index contributed by atoms with van der Waals surface area (Å²) in [6.07, 6.45) is 1.44. The van der Waals surface area contributed by atoms with Crippen LogP contribution in [0.2, 0.25) is 0 Å². The van der Waals surface area contributed by atoms with Gasteiger partial charge in [0.25, 0.3) is 0 Å². The number of amides is 1. The molecule has 0 aliphatic rings. The molecule has 0 unspecified atom stereocenters. The first kappa shape index (κ1) is 10.4. The van der Waals surface area contributed by atoms with E-state index in [0.29, 0.717) is 18.8 Å². The Hall–Kier alpha value is -1.72. The first-order valence-corrected chi connectivity index (χ1v) is 4.14. The molecule has 76 valence electrons. The Balaban J connectivity index is 2.35. The molecule has 2 N–H and O–H groups in total. The third-order valence-electron chi connectivity index (χ3n) is 1.57. The molecule has 0 spiro atoms. The van der Waals surface area contributed by atoms with Gasteiger partial charge >= 0.3 is 0 Å². The molecule has 1 aromatic heterocycles. The molecule has 1 amide bonds. The van der Waals surface area contributed by atoms with Crippen molar-refractivity contribution in [2.45, 2.75) is 6.42 Å². The van der Waals surface area contributed by atoms with Gasteiger partial charge in [-0.2, -0.15) is 4.39 Å². The van der Waals surface area contributed by atoms with Gasteiger partial charge in [-0.25, -0.2) is 9.97 Å². The molecule has 0 fully saturated rings. The number of hydrogen-bond acceptors (Lipinski definition) is 4. The molecule has 1 aromatic rings. The second-order valence-corrected chi connectivity index (χ2v) is 2.58. The molecule has 0 bridgehead atoms. The monoisotopic (exact) mass is 198 g/mol. The van der Waals surface area contributed by atoms with Crippen LogP contribution in [0.15, 0.2) is 12.4 Å². The first-order valence-electron chi connectivity index (χ1n) is 4.14. The molecule has 1 rings (SSSR count).